The van der Waals surface area contributed by atoms with Gasteiger partial charge in [0, 0.05) is 37.1 Å². The SMILES string of the molecule is NC1CCN(C(=O)Cc2ccc(S(=O)(=O)N3CCCCC3)s2)CC1. The smallest absolute Gasteiger partial charge is 0.252 e. The number of likely N-dealkylation sites (tertiary alicyclic amines) is 1. The Kier molecular flexibility index (Phi) is 5.59. The third kappa shape index (κ3) is 3.99. The predicted octanol–water partition coefficient (Wildman–Crippen LogP) is 1.41. The number of sulfonamides is 1. The molecule has 134 valence electrons. The van der Waals surface area contributed by atoms with Crippen LogP contribution in [0.1, 0.15) is 37.0 Å². The van der Waals surface area contributed by atoms with Gasteiger partial charge in [-0.1, -0.05) is 6.42 Å². The van der Waals surface area contributed by atoms with Gasteiger partial charge in [-0.3, -0.25) is 4.79 Å². The van der Waals surface area contributed by atoms with E-state index < -0.39 is 10.0 Å². The van der Waals surface area contributed by atoms with Crippen LogP contribution < -0.4 is 5.73 Å². The Hall–Kier alpha value is -0.960. The number of carbonyl (C=O) groups excluding carboxylic acids is 1. The van der Waals surface area contributed by atoms with Crippen LogP contribution in [0.3, 0.4) is 0 Å². The molecule has 0 spiro atoms. The highest BCUT2D eigenvalue weighted by molar-refractivity contribution is 7.91. The Labute approximate surface area is 147 Å². The fraction of sp³-hybridized carbons (Fsp3) is 0.688. The van der Waals surface area contributed by atoms with E-state index in [2.05, 4.69) is 0 Å². The van der Waals surface area contributed by atoms with Gasteiger partial charge in [0.05, 0.1) is 6.42 Å². The number of rotatable bonds is 4. The highest BCUT2D eigenvalue weighted by Gasteiger charge is 2.28. The van der Waals surface area contributed by atoms with E-state index in [1.807, 2.05) is 4.90 Å². The fourth-order valence-electron chi connectivity index (χ4n) is 3.23. The molecule has 2 fully saturated rings. The lowest BCUT2D eigenvalue weighted by atomic mass is 10.1. The molecule has 0 radical (unpaired) electrons. The molecule has 0 bridgehead atoms. The van der Waals surface area contributed by atoms with Gasteiger partial charge in [0.2, 0.25) is 5.91 Å². The topological polar surface area (TPSA) is 83.7 Å². The Morgan fingerprint density at radius 2 is 1.79 bits per heavy atom. The predicted molar refractivity (Wildman–Crippen MR) is 94.4 cm³/mol. The summed E-state index contributed by atoms with van der Waals surface area (Å²) < 4.78 is 27.2. The minimum absolute atomic E-state index is 0.0608. The average Bonchev–Trinajstić information content (AvgIpc) is 3.05. The van der Waals surface area contributed by atoms with Gasteiger partial charge in [-0.25, -0.2) is 8.42 Å². The molecule has 24 heavy (non-hydrogen) atoms. The van der Waals surface area contributed by atoms with Gasteiger partial charge in [-0.2, -0.15) is 4.31 Å². The van der Waals surface area contributed by atoms with Crippen molar-refractivity contribution in [3.8, 4) is 0 Å². The molecule has 0 aliphatic carbocycles. The first-order chi connectivity index (χ1) is 11.5. The molecule has 0 unspecified atom stereocenters. The third-order valence-corrected chi connectivity index (χ3v) is 8.22. The van der Waals surface area contributed by atoms with E-state index in [0.717, 1.165) is 37.0 Å². The van der Waals surface area contributed by atoms with Crippen LogP contribution in [-0.2, 0) is 21.2 Å². The van der Waals surface area contributed by atoms with Gasteiger partial charge in [0.1, 0.15) is 4.21 Å². The Morgan fingerprint density at radius 1 is 1.12 bits per heavy atom. The summed E-state index contributed by atoms with van der Waals surface area (Å²) in [6, 6.07) is 3.61. The first-order valence-electron chi connectivity index (χ1n) is 8.59. The van der Waals surface area contributed by atoms with Crippen LogP contribution in [0, 0.1) is 0 Å². The van der Waals surface area contributed by atoms with Crippen molar-refractivity contribution in [2.45, 2.75) is 48.8 Å². The molecule has 3 rings (SSSR count). The molecule has 8 heteroatoms. The maximum Gasteiger partial charge on any atom is 0.252 e. The maximum absolute atomic E-state index is 12.7. The molecular weight excluding hydrogens is 346 g/mol. The minimum atomic E-state index is -3.40. The largest absolute Gasteiger partial charge is 0.342 e. The van der Waals surface area contributed by atoms with E-state index in [9.17, 15) is 13.2 Å². The Bertz CT molecular complexity index is 672. The summed E-state index contributed by atoms with van der Waals surface area (Å²) in [5, 5.41) is 0. The first-order valence-corrected chi connectivity index (χ1v) is 10.8. The number of hydrogen-bond acceptors (Lipinski definition) is 5. The van der Waals surface area contributed by atoms with Crippen molar-refractivity contribution in [2.75, 3.05) is 26.2 Å². The molecule has 0 aromatic carbocycles. The lowest BCUT2D eigenvalue weighted by molar-refractivity contribution is -0.131. The van der Waals surface area contributed by atoms with E-state index in [4.69, 9.17) is 5.73 Å². The lowest BCUT2D eigenvalue weighted by Gasteiger charge is -2.30. The number of piperidine rings is 2. The maximum atomic E-state index is 12.7. The van der Waals surface area contributed by atoms with Gasteiger partial charge in [-0.15, -0.1) is 11.3 Å². The molecule has 2 aliphatic heterocycles. The van der Waals surface area contributed by atoms with Crippen LogP contribution in [0.25, 0.3) is 0 Å². The van der Waals surface area contributed by atoms with E-state index >= 15 is 0 Å². The molecular formula is C16H25N3O3S2. The molecule has 6 nitrogen and oxygen atoms in total. The van der Waals surface area contributed by atoms with Crippen molar-refractivity contribution in [1.82, 2.24) is 9.21 Å². The monoisotopic (exact) mass is 371 g/mol. The van der Waals surface area contributed by atoms with Crippen LogP contribution in [0.2, 0.25) is 0 Å². The van der Waals surface area contributed by atoms with Gasteiger partial charge in [-0.05, 0) is 37.8 Å². The highest BCUT2D eigenvalue weighted by atomic mass is 32.2. The molecule has 1 amide bonds. The molecule has 2 N–H and O–H groups in total. The number of nitrogens with two attached hydrogens (primary N) is 1. The van der Waals surface area contributed by atoms with Crippen molar-refractivity contribution in [2.24, 2.45) is 5.73 Å². The van der Waals surface area contributed by atoms with E-state index in [1.165, 1.54) is 11.3 Å². The second-order valence-corrected chi connectivity index (χ2v) is 9.91. The average molecular weight is 372 g/mol. The van der Waals surface area contributed by atoms with Crippen molar-refractivity contribution in [1.29, 1.82) is 0 Å². The van der Waals surface area contributed by atoms with Gasteiger partial charge in [0.15, 0.2) is 0 Å². The number of hydrogen-bond donors (Lipinski definition) is 1. The van der Waals surface area contributed by atoms with Gasteiger partial charge in [0.25, 0.3) is 10.0 Å². The second kappa shape index (κ2) is 7.51. The summed E-state index contributed by atoms with van der Waals surface area (Å²) in [7, 11) is -3.40. The van der Waals surface area contributed by atoms with Crippen molar-refractivity contribution in [3.05, 3.63) is 17.0 Å². The zero-order valence-corrected chi connectivity index (χ0v) is 15.4. The molecule has 1 aromatic rings. The Morgan fingerprint density at radius 3 is 2.46 bits per heavy atom. The zero-order valence-electron chi connectivity index (χ0n) is 13.8. The van der Waals surface area contributed by atoms with Gasteiger partial charge < -0.3 is 10.6 Å². The molecule has 0 saturated carbocycles. The molecule has 2 aliphatic rings. The van der Waals surface area contributed by atoms with Crippen LogP contribution in [-0.4, -0.2) is 55.8 Å². The van der Waals surface area contributed by atoms with Crippen LogP contribution in [0.4, 0.5) is 0 Å². The van der Waals surface area contributed by atoms with Crippen LogP contribution in [0.15, 0.2) is 16.3 Å². The van der Waals surface area contributed by atoms with E-state index in [-0.39, 0.29) is 18.4 Å². The quantitative estimate of drug-likeness (QED) is 0.867. The molecule has 1 aromatic heterocycles. The number of nitrogens with zero attached hydrogens (tertiary/aromatic N) is 2. The second-order valence-electron chi connectivity index (χ2n) is 6.58. The standard InChI is InChI=1S/C16H25N3O3S2/c17-13-6-10-18(11-7-13)15(20)12-14-4-5-16(23-14)24(21,22)19-8-2-1-3-9-19/h4-5,13H,1-3,6-12,17H2. The number of amides is 1. The highest BCUT2D eigenvalue weighted by Crippen LogP contribution is 2.27. The summed E-state index contributed by atoms with van der Waals surface area (Å²) in [6.45, 7) is 2.60. The van der Waals surface area contributed by atoms with Crippen molar-refractivity contribution in [3.63, 3.8) is 0 Å². The molecule has 3 heterocycles. The number of carbonyl (C=O) groups is 1. The summed E-state index contributed by atoms with van der Waals surface area (Å²) in [5.41, 5.74) is 5.86. The summed E-state index contributed by atoms with van der Waals surface area (Å²) in [4.78, 5) is 15.0. The van der Waals surface area contributed by atoms with Crippen molar-refractivity contribution >= 4 is 27.3 Å². The summed E-state index contributed by atoms with van der Waals surface area (Å²) in [6.07, 6.45) is 4.89. The van der Waals surface area contributed by atoms with Crippen molar-refractivity contribution < 1.29 is 13.2 Å². The van der Waals surface area contributed by atoms with Crippen LogP contribution >= 0.6 is 11.3 Å². The summed E-state index contributed by atoms with van der Waals surface area (Å²) in [5.74, 6) is 0.0608. The van der Waals surface area contributed by atoms with Crippen LogP contribution in [0.5, 0.6) is 0 Å². The third-order valence-electron chi connectivity index (χ3n) is 4.76. The number of thiophene rings is 1. The molecule has 0 atom stereocenters. The lowest BCUT2D eigenvalue weighted by Crippen LogP contribution is -2.43. The van der Waals surface area contributed by atoms with Gasteiger partial charge >= 0.3 is 0 Å². The molecule has 2 saturated heterocycles. The minimum Gasteiger partial charge on any atom is -0.342 e. The normalized spacial score (nSPS) is 21.1. The Balaban J connectivity index is 1.63. The first kappa shape index (κ1) is 17.8. The fourth-order valence-corrected chi connectivity index (χ4v) is 6.25. The van der Waals surface area contributed by atoms with E-state index in [1.54, 1.807) is 16.4 Å². The zero-order chi connectivity index (χ0) is 17.2. The summed E-state index contributed by atoms with van der Waals surface area (Å²) >= 11 is 1.22. The van der Waals surface area contributed by atoms with E-state index in [0.29, 0.717) is 30.4 Å².